The van der Waals surface area contributed by atoms with Gasteiger partial charge in [-0.15, -0.1) is 0 Å². The van der Waals surface area contributed by atoms with Crippen LogP contribution in [0.4, 0.5) is 46.3 Å². The maximum absolute atomic E-state index is 14.7. The Kier molecular flexibility index (Phi) is 46.4. The van der Waals surface area contributed by atoms with Gasteiger partial charge in [0, 0.05) is 49.6 Å². The number of phosphoric acid groups is 2. The topological polar surface area (TPSA) is 491 Å². The number of ether oxygens (including phenoxy) is 10. The highest BCUT2D eigenvalue weighted by molar-refractivity contribution is 7.49. The molecular weight excluding hydrogens is 1970 g/mol. The van der Waals surface area contributed by atoms with Gasteiger partial charge in [0.15, 0.2) is 46.5 Å². The Morgan fingerprint density at radius 2 is 0.750 bits per heavy atom. The summed E-state index contributed by atoms with van der Waals surface area (Å²) in [6.07, 6.45) is 35.5. The molecule has 5 N–H and O–H groups in total. The van der Waals surface area contributed by atoms with E-state index in [4.69, 9.17) is 86.0 Å². The van der Waals surface area contributed by atoms with Crippen LogP contribution >= 0.6 is 15.6 Å². The highest BCUT2D eigenvalue weighted by Gasteiger charge is 2.67. The highest BCUT2D eigenvalue weighted by atomic mass is 31.2. The summed E-state index contributed by atoms with van der Waals surface area (Å²) in [7, 11) is -9.28. The van der Waals surface area contributed by atoms with Crippen molar-refractivity contribution in [3.05, 3.63) is 222 Å². The van der Waals surface area contributed by atoms with E-state index in [1.165, 1.54) is 231 Å². The molecule has 4 fully saturated rings. The standard InChI is InChI=1S/C49H67F2N6O11P.C40H55F2N2O10P.C15H17N5O4/c1-4-5-6-7-8-9-10-11-12-13-14-15-16-17-18-19-28-61-31-39(62-30-36-20-25-40(50)41(51)29-36)32-63-69(60,68-38-23-21-37(22-24-38)57(58)59)64-33-43-45-46(67-48(2,3)66-45)49(34-52,65-43)44-27-26-42-47(53)54-35-55-56(42)44;1-2-3-4-5-6-7-8-9-10-11-12-13-14-15-16-17-28-50-31-38(51-30-33-18-27-39(41)40(42)29-33)32-52-55(49,53-36-23-19-34(20-24-36)43(45)46)54-37-25-21-35(22-26-37)44(47)48;1-14(2)23-11-9(5-21)22-15(6-16,12(11)24-14)10-4-3-8-13(17)18-7-19-20(8)10/h20-27,29,35,39,43,45-46H,4-19,28,30-33H2,1-3H3,(H2,53,54,55);18-27,29,38H,2-17,28,30-32H2,1H3;3-4,7,9,11-12,21H,5H2,1-2H3,(H2,17,18,19)/t39-,43-,45-,46-,49+,69?;38-;9-,11-,12-,15+/m111/s1. The molecule has 0 amide bonds. The number of rotatable bonds is 65. The molecule has 9 aromatic rings. The molecule has 44 heteroatoms. The number of nitriles is 2. The molecular formula is C104H139F4N13O25P2. The Morgan fingerprint density at radius 3 is 1.08 bits per heavy atom. The minimum absolute atomic E-state index is 0.00250. The second-order valence-electron chi connectivity index (χ2n) is 38.0. The second kappa shape index (κ2) is 58.5. The fraction of sp³-hybridized carbons (Fsp3) is 0.577. The van der Waals surface area contributed by atoms with Crippen molar-refractivity contribution in [1.82, 2.24) is 29.2 Å². The van der Waals surface area contributed by atoms with Gasteiger partial charge in [-0.3, -0.25) is 43.9 Å². The van der Waals surface area contributed by atoms with Gasteiger partial charge in [-0.05, 0) is 137 Å². The van der Waals surface area contributed by atoms with Crippen molar-refractivity contribution < 1.29 is 121 Å². The van der Waals surface area contributed by atoms with Crippen LogP contribution in [-0.2, 0) is 94.5 Å². The first-order valence-corrected chi connectivity index (χ1v) is 54.1. The van der Waals surface area contributed by atoms with Gasteiger partial charge in [-0.2, -0.15) is 20.7 Å². The lowest BCUT2D eigenvalue weighted by atomic mass is 9.92. The van der Waals surface area contributed by atoms with Crippen molar-refractivity contribution in [2.24, 2.45) is 0 Å². The van der Waals surface area contributed by atoms with E-state index in [-0.39, 0.29) is 78.9 Å². The van der Waals surface area contributed by atoms with Crippen molar-refractivity contribution in [2.75, 3.05) is 64.3 Å². The lowest BCUT2D eigenvalue weighted by molar-refractivity contribution is -0.385. The van der Waals surface area contributed by atoms with Crippen molar-refractivity contribution in [1.29, 1.82) is 10.5 Å². The van der Waals surface area contributed by atoms with Crippen LogP contribution < -0.4 is 25.0 Å². The van der Waals surface area contributed by atoms with Gasteiger partial charge in [0.1, 0.15) is 102 Å². The molecule has 1 unspecified atom stereocenters. The Hall–Kier alpha value is -10.9. The summed E-state index contributed by atoms with van der Waals surface area (Å²) >= 11 is 0. The molecule has 5 aromatic carbocycles. The van der Waals surface area contributed by atoms with Crippen LogP contribution in [0.3, 0.4) is 0 Å². The van der Waals surface area contributed by atoms with Gasteiger partial charge in [0.05, 0.1) is 79.0 Å². The number of fused-ring (bicyclic) bond motifs is 4. The Bertz CT molecular complexity index is 5770. The Morgan fingerprint density at radius 1 is 0.426 bits per heavy atom. The SMILES string of the molecule is CC1(C)O[C@H]2[C@@H](O1)[C@](C#N)(c1ccc3c(N)ncnn13)O[C@@H]2CO.CCCCCCCCCCCCCCCCCCOC[C@H](COP(=O)(OC[C@H]1O[C@@](C#N)(c2ccc3c(N)ncnn23)[C@@H]2OC(C)(C)O[C@@H]21)Oc1ccc([N+](=O)[O-])cc1)OCc1ccc(F)c(F)c1.CCCCCCCCCCCCCCCCCCOC[C@H](COP(=O)(Oc1ccc([N+](=O)[O-])cc1)Oc1ccc([N+](=O)[O-])cc1)OCc1ccc(F)c(F)c1. The first-order valence-electron chi connectivity index (χ1n) is 51.2. The number of halogens is 4. The molecule has 0 bridgehead atoms. The van der Waals surface area contributed by atoms with E-state index in [0.29, 0.717) is 46.9 Å². The fourth-order valence-corrected chi connectivity index (χ4v) is 20.3. The van der Waals surface area contributed by atoms with Crippen molar-refractivity contribution in [3.63, 3.8) is 0 Å². The molecule has 808 valence electrons. The quantitative estimate of drug-likeness (QED) is 0.0105. The number of nitrogen functional groups attached to an aromatic ring is 2. The zero-order valence-electron chi connectivity index (χ0n) is 84.9. The van der Waals surface area contributed by atoms with Gasteiger partial charge in [-0.25, -0.2) is 45.7 Å². The number of nitro benzene ring substituents is 3. The van der Waals surface area contributed by atoms with Crippen LogP contribution in [0.15, 0.2) is 146 Å². The third-order valence-corrected chi connectivity index (χ3v) is 28.3. The number of phosphoric ester groups is 2. The van der Waals surface area contributed by atoms with E-state index in [1.54, 1.807) is 52.0 Å². The number of anilines is 2. The van der Waals surface area contributed by atoms with Crippen molar-refractivity contribution in [3.8, 4) is 29.4 Å². The van der Waals surface area contributed by atoms with Crippen molar-refractivity contribution >= 4 is 55.4 Å². The predicted molar refractivity (Wildman–Crippen MR) is 539 cm³/mol. The largest absolute Gasteiger partial charge is 0.587 e. The molecule has 0 aliphatic carbocycles. The molecule has 4 aliphatic heterocycles. The molecule has 8 heterocycles. The molecule has 0 radical (unpaired) electrons. The number of aliphatic hydroxyl groups excluding tert-OH is 1. The number of hydrogen-bond acceptors (Lipinski definition) is 33. The predicted octanol–water partition coefficient (Wildman–Crippen LogP) is 23.4. The van der Waals surface area contributed by atoms with Gasteiger partial charge in [0.2, 0.25) is 11.2 Å². The summed E-state index contributed by atoms with van der Waals surface area (Å²) in [5.74, 6) is -5.92. The number of nitrogens with two attached hydrogens (primary N) is 2. The number of benzene rings is 5. The fourth-order valence-electron chi connectivity index (χ4n) is 17.8. The maximum Gasteiger partial charge on any atom is 0.587 e. The van der Waals surface area contributed by atoms with Crippen LogP contribution in [-0.4, -0.2) is 162 Å². The minimum Gasteiger partial charge on any atom is -0.404 e. The lowest BCUT2D eigenvalue weighted by Crippen LogP contribution is -2.40. The monoisotopic (exact) mass is 2110 g/mol. The van der Waals surface area contributed by atoms with Gasteiger partial charge >= 0.3 is 15.6 Å². The second-order valence-corrected chi connectivity index (χ2v) is 41.1. The number of nitrogens with zero attached hydrogens (tertiary/aromatic N) is 11. The van der Waals surface area contributed by atoms with Gasteiger partial charge in [0.25, 0.3) is 17.1 Å². The first kappa shape index (κ1) is 117. The summed E-state index contributed by atoms with van der Waals surface area (Å²) in [5.41, 5.74) is 10.4. The summed E-state index contributed by atoms with van der Waals surface area (Å²) in [5, 5.41) is 72.5. The number of nitro groups is 3. The third-order valence-electron chi connectivity index (χ3n) is 25.6. The normalized spacial score (nSPS) is 19.8. The van der Waals surface area contributed by atoms with E-state index in [1.807, 2.05) is 0 Å². The van der Waals surface area contributed by atoms with E-state index in [2.05, 4.69) is 46.2 Å². The maximum atomic E-state index is 14.7. The summed E-state index contributed by atoms with van der Waals surface area (Å²) < 4.78 is 182. The zero-order chi connectivity index (χ0) is 106. The van der Waals surface area contributed by atoms with Gasteiger partial charge in [-0.1, -0.05) is 219 Å². The molecule has 4 aliphatic rings. The van der Waals surface area contributed by atoms with E-state index in [0.717, 1.165) is 106 Å². The molecule has 38 nitrogen and oxygen atoms in total. The van der Waals surface area contributed by atoms with E-state index in [9.17, 15) is 72.7 Å². The average molecular weight is 2110 g/mol. The number of non-ortho nitro benzene ring substituents is 3. The smallest absolute Gasteiger partial charge is 0.404 e. The first-order chi connectivity index (χ1) is 71.3. The van der Waals surface area contributed by atoms with Crippen LogP contribution in [0.2, 0.25) is 0 Å². The zero-order valence-corrected chi connectivity index (χ0v) is 86.7. The van der Waals surface area contributed by atoms with Gasteiger partial charge < -0.3 is 77.5 Å². The van der Waals surface area contributed by atoms with Crippen LogP contribution in [0.5, 0.6) is 17.2 Å². The van der Waals surface area contributed by atoms with E-state index >= 15 is 0 Å². The highest BCUT2D eigenvalue weighted by Crippen LogP contribution is 2.56. The van der Waals surface area contributed by atoms with Crippen LogP contribution in [0.1, 0.15) is 270 Å². The third kappa shape index (κ3) is 34.9. The Balaban J connectivity index is 0.000000233. The summed E-state index contributed by atoms with van der Waals surface area (Å²) in [4.78, 5) is 39.8. The molecule has 13 rings (SSSR count). The molecule has 148 heavy (non-hydrogen) atoms. The number of aliphatic hydroxyl groups is 1. The Labute approximate surface area is 859 Å². The minimum atomic E-state index is -4.72. The molecule has 0 saturated carbocycles. The average Bonchev–Trinajstić information content (AvgIpc) is 1.56. The lowest BCUT2D eigenvalue weighted by Gasteiger charge is -2.29. The number of aromatic nitrogens is 6. The molecule has 11 atom stereocenters. The molecule has 4 saturated heterocycles. The number of hydrogen-bond donors (Lipinski definition) is 3. The summed E-state index contributed by atoms with van der Waals surface area (Å²) in [6, 6.07) is 32.1. The summed E-state index contributed by atoms with van der Waals surface area (Å²) in [6.45, 7) is 10.2. The molecule has 0 spiro atoms. The number of unbranched alkanes of at least 4 members (excludes halogenated alkanes) is 30. The van der Waals surface area contributed by atoms with Crippen LogP contribution in [0.25, 0.3) is 11.0 Å². The molecule has 4 aromatic heterocycles. The van der Waals surface area contributed by atoms with Crippen LogP contribution in [0, 0.1) is 76.3 Å². The van der Waals surface area contributed by atoms with Crippen molar-refractivity contribution in [2.45, 2.75) is 332 Å². The van der Waals surface area contributed by atoms with E-state index < -0.39 is 145 Å².